The first-order chi connectivity index (χ1) is 13.4. The predicted molar refractivity (Wildman–Crippen MR) is 83.8 cm³/mol. The summed E-state index contributed by atoms with van der Waals surface area (Å²) in [5.74, 6) is 0. The third-order valence-corrected chi connectivity index (χ3v) is 4.43. The molecular weight excluding hydrogens is 470 g/mol. The van der Waals surface area contributed by atoms with Crippen molar-refractivity contribution in [1.29, 1.82) is 0 Å². The summed E-state index contributed by atoms with van der Waals surface area (Å²) in [6.07, 6.45) is 4.29. The van der Waals surface area contributed by atoms with Crippen molar-refractivity contribution in [3.63, 3.8) is 0 Å². The maximum Gasteiger partial charge on any atom is 0.485 e. The van der Waals surface area contributed by atoms with E-state index in [-0.39, 0.29) is 0 Å². The largest absolute Gasteiger partial charge is 0.741 e. The molecule has 0 radical (unpaired) electrons. The zero-order valence-electron chi connectivity index (χ0n) is 14.5. The van der Waals surface area contributed by atoms with Gasteiger partial charge in [-0.3, -0.25) is 0 Å². The first-order valence-electron chi connectivity index (χ1n) is 7.47. The summed E-state index contributed by atoms with van der Waals surface area (Å²) in [6, 6.07) is 12.7. The highest BCUT2D eigenvalue weighted by atomic mass is 32.2. The molecule has 3 rings (SSSR count). The summed E-state index contributed by atoms with van der Waals surface area (Å²) >= 11 is 0. The van der Waals surface area contributed by atoms with Crippen LogP contribution >= 0.6 is 0 Å². The Kier molecular flexibility index (Phi) is 7.92. The molecular formula is C14H12F6N2O6S2. The van der Waals surface area contributed by atoms with Crippen molar-refractivity contribution in [2.24, 2.45) is 0 Å². The van der Waals surface area contributed by atoms with Gasteiger partial charge in [0.15, 0.2) is 32.6 Å². The minimum atomic E-state index is -6.09. The van der Waals surface area contributed by atoms with E-state index in [1.165, 1.54) is 11.4 Å². The van der Waals surface area contributed by atoms with Crippen molar-refractivity contribution in [3.8, 4) is 11.4 Å². The average molecular weight is 482 g/mol. The Morgan fingerprint density at radius 1 is 0.667 bits per heavy atom. The maximum atomic E-state index is 10.7. The van der Waals surface area contributed by atoms with Crippen molar-refractivity contribution in [1.82, 2.24) is 0 Å². The average Bonchev–Trinajstić information content (AvgIpc) is 2.59. The molecule has 0 bridgehead atoms. The topological polar surface area (TPSA) is 122 Å². The summed E-state index contributed by atoms with van der Waals surface area (Å²) in [4.78, 5) is 0. The summed E-state index contributed by atoms with van der Waals surface area (Å²) in [5.41, 5.74) is -8.68. The molecule has 1 aliphatic rings. The standard InChI is InChI=1S/C12H12N2.2CHF3O3S/c1-3-7-13-9-10-14-8-4-2-6-12(14)11(13)5-1;2*2-1(3,4)8(5,6)7/h1-8H,9-10H2;2*(H,5,6,7)/q+2;;/p-2. The zero-order valence-corrected chi connectivity index (χ0v) is 16.1. The predicted octanol–water partition coefficient (Wildman–Crippen LogP) is 1.05. The quantitative estimate of drug-likeness (QED) is 0.239. The molecule has 8 nitrogen and oxygen atoms in total. The number of pyridine rings is 2. The lowest BCUT2D eigenvalue weighted by Gasteiger charge is -2.08. The third-order valence-electron chi connectivity index (χ3n) is 3.29. The number of alkyl halides is 6. The second kappa shape index (κ2) is 9.23. The number of hydrogen-bond donors (Lipinski definition) is 0. The second-order valence-electron chi connectivity index (χ2n) is 5.36. The molecule has 0 saturated carbocycles. The van der Waals surface area contributed by atoms with Gasteiger partial charge in [0.05, 0.1) is 0 Å². The van der Waals surface area contributed by atoms with E-state index in [4.69, 9.17) is 25.9 Å². The first kappa shape index (κ1) is 25.7. The molecule has 1 aliphatic heterocycles. The van der Waals surface area contributed by atoms with Crippen LogP contribution in [0.1, 0.15) is 0 Å². The number of hydrogen-bond acceptors (Lipinski definition) is 6. The van der Waals surface area contributed by atoms with Crippen LogP contribution in [0.25, 0.3) is 11.4 Å². The van der Waals surface area contributed by atoms with E-state index >= 15 is 0 Å². The van der Waals surface area contributed by atoms with E-state index in [0.29, 0.717) is 0 Å². The van der Waals surface area contributed by atoms with E-state index in [1.807, 2.05) is 0 Å². The van der Waals surface area contributed by atoms with Gasteiger partial charge in [-0.2, -0.15) is 35.5 Å². The molecule has 0 aliphatic carbocycles. The molecule has 0 fully saturated rings. The van der Waals surface area contributed by atoms with Crippen molar-refractivity contribution >= 4 is 20.2 Å². The van der Waals surface area contributed by atoms with Crippen molar-refractivity contribution in [3.05, 3.63) is 48.8 Å². The number of aryl methyl sites for hydroxylation is 2. The van der Waals surface area contributed by atoms with Crippen LogP contribution in [0.3, 0.4) is 0 Å². The summed E-state index contributed by atoms with van der Waals surface area (Å²) in [7, 11) is -12.2. The Morgan fingerprint density at radius 3 is 1.17 bits per heavy atom. The minimum Gasteiger partial charge on any atom is -0.741 e. The van der Waals surface area contributed by atoms with Gasteiger partial charge < -0.3 is 9.11 Å². The van der Waals surface area contributed by atoms with E-state index in [1.54, 1.807) is 0 Å². The summed E-state index contributed by atoms with van der Waals surface area (Å²) in [6.45, 7) is 2.13. The summed E-state index contributed by atoms with van der Waals surface area (Å²) in [5, 5.41) is 0. The fourth-order valence-corrected chi connectivity index (χ4v) is 2.02. The third kappa shape index (κ3) is 7.19. The van der Waals surface area contributed by atoms with Crippen molar-refractivity contribution in [2.45, 2.75) is 24.1 Å². The molecule has 0 aromatic carbocycles. The molecule has 0 atom stereocenters. The van der Waals surface area contributed by atoms with Crippen LogP contribution in [0.2, 0.25) is 0 Å². The molecule has 0 amide bonds. The van der Waals surface area contributed by atoms with Crippen LogP contribution in [0.5, 0.6) is 0 Å². The Balaban J connectivity index is 0.000000245. The van der Waals surface area contributed by atoms with Gasteiger partial charge >= 0.3 is 11.0 Å². The van der Waals surface area contributed by atoms with E-state index in [9.17, 15) is 26.3 Å². The Morgan fingerprint density at radius 2 is 0.933 bits per heavy atom. The fraction of sp³-hybridized carbons (Fsp3) is 0.286. The Labute approximate surface area is 166 Å². The van der Waals surface area contributed by atoms with Crippen molar-refractivity contribution in [2.75, 3.05) is 0 Å². The molecule has 16 heteroatoms. The number of aromatic nitrogens is 2. The zero-order chi connectivity index (χ0) is 23.4. The first-order valence-corrected chi connectivity index (χ1v) is 10.3. The van der Waals surface area contributed by atoms with Crippen LogP contribution < -0.4 is 9.13 Å². The van der Waals surface area contributed by atoms with Crippen LogP contribution in [0.15, 0.2) is 48.8 Å². The molecule has 0 saturated heterocycles. The van der Waals surface area contributed by atoms with Gasteiger partial charge in [-0.15, -0.1) is 0 Å². The van der Waals surface area contributed by atoms with Gasteiger partial charge in [-0.05, 0) is 12.1 Å². The summed E-state index contributed by atoms with van der Waals surface area (Å²) < 4.78 is 122. The SMILES string of the molecule is O=S(=O)([O-])C(F)(F)F.O=S(=O)([O-])C(F)(F)F.c1cc[n+]2c(c1)-c1cccc[n+]1CC2. The van der Waals surface area contributed by atoms with Crippen LogP contribution in [0.4, 0.5) is 26.3 Å². The van der Waals surface area contributed by atoms with E-state index in [2.05, 4.69) is 57.9 Å². The molecule has 2 aromatic heterocycles. The molecule has 168 valence electrons. The van der Waals surface area contributed by atoms with Crippen LogP contribution in [0, 0.1) is 0 Å². The number of rotatable bonds is 0. The van der Waals surface area contributed by atoms with Gasteiger partial charge in [0.2, 0.25) is 13.1 Å². The number of fused-ring (bicyclic) bond motifs is 3. The van der Waals surface area contributed by atoms with Crippen molar-refractivity contribution < 1.29 is 61.4 Å². The molecule has 3 heterocycles. The lowest BCUT2D eigenvalue weighted by molar-refractivity contribution is -0.794. The van der Waals surface area contributed by atoms with Gasteiger partial charge in [-0.1, -0.05) is 0 Å². The smallest absolute Gasteiger partial charge is 0.485 e. The monoisotopic (exact) mass is 482 g/mol. The Bertz CT molecular complexity index is 997. The maximum absolute atomic E-state index is 10.7. The highest BCUT2D eigenvalue weighted by Crippen LogP contribution is 2.21. The molecule has 30 heavy (non-hydrogen) atoms. The normalized spacial score (nSPS) is 13.6. The second-order valence-corrected chi connectivity index (χ2v) is 8.10. The van der Waals surface area contributed by atoms with Gasteiger partial charge in [0.25, 0.3) is 11.4 Å². The van der Waals surface area contributed by atoms with E-state index in [0.717, 1.165) is 13.1 Å². The lowest BCUT2D eigenvalue weighted by Crippen LogP contribution is -2.52. The van der Waals surface area contributed by atoms with Gasteiger partial charge in [0, 0.05) is 24.3 Å². The highest BCUT2D eigenvalue weighted by Gasteiger charge is 2.37. The van der Waals surface area contributed by atoms with E-state index < -0.39 is 31.3 Å². The van der Waals surface area contributed by atoms with Gasteiger partial charge in [-0.25, -0.2) is 16.8 Å². The Hall–Kier alpha value is -2.30. The molecule has 0 N–H and O–H groups in total. The molecule has 2 aromatic rings. The highest BCUT2D eigenvalue weighted by molar-refractivity contribution is 7.86. The number of halogens is 6. The number of nitrogens with zero attached hydrogens (tertiary/aromatic N) is 2. The molecule has 0 unspecified atom stereocenters. The minimum absolute atomic E-state index is 1.07. The van der Waals surface area contributed by atoms with Gasteiger partial charge in [0.1, 0.15) is 0 Å². The van der Waals surface area contributed by atoms with Crippen LogP contribution in [-0.4, -0.2) is 37.0 Å². The fourth-order valence-electron chi connectivity index (χ4n) is 2.02. The van der Waals surface area contributed by atoms with Crippen LogP contribution in [-0.2, 0) is 33.3 Å². The molecule has 0 spiro atoms. The lowest BCUT2D eigenvalue weighted by atomic mass is 10.2.